The average molecular weight is 831 g/mol. The molecule has 1 aromatic carbocycles. The molecule has 56 heavy (non-hydrogen) atoms. The van der Waals surface area contributed by atoms with Crippen molar-refractivity contribution in [3.63, 3.8) is 0 Å². The summed E-state index contributed by atoms with van der Waals surface area (Å²) in [6, 6.07) is 0. The van der Waals surface area contributed by atoms with Gasteiger partial charge in [-0.1, -0.05) is 218 Å². The van der Waals surface area contributed by atoms with Crippen LogP contribution >= 0.6 is 11.6 Å². The first-order valence-electron chi connectivity index (χ1n) is 22.8. The molecular formula is C44H80ClN3O7S. The summed E-state index contributed by atoms with van der Waals surface area (Å²) in [5.41, 5.74) is -1.66. The van der Waals surface area contributed by atoms with E-state index in [1.807, 2.05) is 0 Å². The Balaban J connectivity index is 2.62. The van der Waals surface area contributed by atoms with Gasteiger partial charge in [-0.3, -0.25) is 24.4 Å². The molecule has 12 heteroatoms. The van der Waals surface area contributed by atoms with Gasteiger partial charge in [0.15, 0.2) is 0 Å². The molecule has 0 heterocycles. The highest BCUT2D eigenvalue weighted by Gasteiger charge is 2.37. The fourth-order valence-corrected chi connectivity index (χ4v) is 9.52. The number of unbranched alkanes of at least 4 members (excludes halogenated alkanes) is 30. The number of anilines is 1. The summed E-state index contributed by atoms with van der Waals surface area (Å²) in [7, 11) is -4.46. The van der Waals surface area contributed by atoms with Crippen LogP contribution in [0.2, 0.25) is 5.02 Å². The van der Waals surface area contributed by atoms with Gasteiger partial charge in [0.1, 0.15) is 10.6 Å². The molecule has 0 aromatic heterocycles. The molecule has 0 atom stereocenters. The van der Waals surface area contributed by atoms with Crippen molar-refractivity contribution < 1.29 is 22.4 Å². The average Bonchev–Trinajstić information content (AvgIpc) is 3.14. The van der Waals surface area contributed by atoms with E-state index in [0.717, 1.165) is 49.3 Å². The van der Waals surface area contributed by atoms with Crippen LogP contribution in [0, 0.1) is 34.1 Å². The maximum atomic E-state index is 13.7. The Labute approximate surface area is 347 Å². The number of nitro groups is 2. The molecule has 0 bridgehead atoms. The molecule has 0 N–H and O–H groups in total. The van der Waals surface area contributed by atoms with Gasteiger partial charge in [-0.25, -0.2) is 4.31 Å². The summed E-state index contributed by atoms with van der Waals surface area (Å²) in [4.78, 5) is 22.6. The standard InChI is InChI=1S/C44H80ClN3O7S/c1-5-7-9-11-13-15-17-19-21-23-25-27-29-31-33-35-37-46(43-39(3)42(47(49)50)40(4)44(41(43)45)48(51)52)56(53,54)55-38-36-34-32-30-28-26-24-22-20-18-16-14-12-10-8-6-2/h5-38H2,1-4H3. The Morgan fingerprint density at radius 1 is 0.500 bits per heavy atom. The monoisotopic (exact) mass is 830 g/mol. The molecule has 10 nitrogen and oxygen atoms in total. The molecule has 0 aliphatic rings. The Kier molecular flexibility index (Phi) is 30.6. The smallest absolute Gasteiger partial charge is 0.258 e. The van der Waals surface area contributed by atoms with E-state index in [9.17, 15) is 28.6 Å². The van der Waals surface area contributed by atoms with Crippen LogP contribution in [0.25, 0.3) is 0 Å². The molecule has 0 fully saturated rings. The predicted molar refractivity (Wildman–Crippen MR) is 236 cm³/mol. The van der Waals surface area contributed by atoms with Crippen molar-refractivity contribution in [2.24, 2.45) is 0 Å². The van der Waals surface area contributed by atoms with Gasteiger partial charge in [-0.2, -0.15) is 8.42 Å². The number of nitrogens with zero attached hydrogens (tertiary/aromatic N) is 3. The maximum Gasteiger partial charge on any atom is 0.362 e. The summed E-state index contributed by atoms with van der Waals surface area (Å²) in [6.45, 7) is 7.07. The van der Waals surface area contributed by atoms with Crippen molar-refractivity contribution in [2.75, 3.05) is 17.5 Å². The summed E-state index contributed by atoms with van der Waals surface area (Å²) < 4.78 is 33.9. The van der Waals surface area contributed by atoms with Gasteiger partial charge in [0.25, 0.3) is 11.4 Å². The van der Waals surface area contributed by atoms with Crippen LogP contribution < -0.4 is 4.31 Å². The van der Waals surface area contributed by atoms with Gasteiger partial charge in [0, 0.05) is 6.54 Å². The van der Waals surface area contributed by atoms with Crippen molar-refractivity contribution in [3.05, 3.63) is 36.4 Å². The number of nitro benzene ring substituents is 2. The topological polar surface area (TPSA) is 133 Å². The second kappa shape index (κ2) is 32.9. The minimum absolute atomic E-state index is 0.0332. The van der Waals surface area contributed by atoms with Crippen molar-refractivity contribution in [3.8, 4) is 0 Å². The molecule has 326 valence electrons. The summed E-state index contributed by atoms with van der Waals surface area (Å²) >= 11 is 6.55. The molecule has 0 aliphatic carbocycles. The zero-order chi connectivity index (χ0) is 41.4. The van der Waals surface area contributed by atoms with Crippen molar-refractivity contribution in [2.45, 2.75) is 233 Å². The van der Waals surface area contributed by atoms with Crippen LogP contribution in [-0.2, 0) is 14.5 Å². The Morgan fingerprint density at radius 2 is 0.804 bits per heavy atom. The second-order valence-corrected chi connectivity index (χ2v) is 18.0. The largest absolute Gasteiger partial charge is 0.362 e. The zero-order valence-corrected chi connectivity index (χ0v) is 37.6. The van der Waals surface area contributed by atoms with Crippen molar-refractivity contribution >= 4 is 39.0 Å². The normalized spacial score (nSPS) is 11.7. The lowest BCUT2D eigenvalue weighted by atomic mass is 10.0. The number of hydrogen-bond donors (Lipinski definition) is 0. The molecule has 0 spiro atoms. The molecular weight excluding hydrogens is 750 g/mol. The number of hydrogen-bond acceptors (Lipinski definition) is 7. The lowest BCUT2D eigenvalue weighted by molar-refractivity contribution is -0.395. The highest BCUT2D eigenvalue weighted by Crippen LogP contribution is 2.46. The third-order valence-corrected chi connectivity index (χ3v) is 12.9. The van der Waals surface area contributed by atoms with Crippen LogP contribution in [-0.4, -0.2) is 31.4 Å². The molecule has 1 rings (SSSR count). The van der Waals surface area contributed by atoms with Gasteiger partial charge < -0.3 is 0 Å². The molecule has 0 radical (unpaired) electrons. The van der Waals surface area contributed by atoms with E-state index in [1.165, 1.54) is 162 Å². The van der Waals surface area contributed by atoms with E-state index in [0.29, 0.717) is 12.8 Å². The predicted octanol–water partition coefficient (Wildman–Crippen LogP) is 15.4. The third-order valence-electron chi connectivity index (χ3n) is 11.2. The lowest BCUT2D eigenvalue weighted by Crippen LogP contribution is -2.35. The summed E-state index contributed by atoms with van der Waals surface area (Å²) in [5, 5.41) is 23.6. The SMILES string of the molecule is CCCCCCCCCCCCCCCCCCOS(=O)(=O)N(CCCCCCCCCCCCCCCCCC)c1c(C)c([N+](=O)[O-])c(C)c([N+](=O)[O-])c1Cl. The third kappa shape index (κ3) is 22.2. The number of benzene rings is 1. The minimum Gasteiger partial charge on any atom is -0.258 e. The Morgan fingerprint density at radius 3 is 1.12 bits per heavy atom. The van der Waals surface area contributed by atoms with E-state index in [2.05, 4.69) is 13.8 Å². The van der Waals surface area contributed by atoms with Crippen LogP contribution in [0.15, 0.2) is 0 Å². The fourth-order valence-electron chi connectivity index (χ4n) is 7.75. The van der Waals surface area contributed by atoms with Crippen LogP contribution in [0.4, 0.5) is 17.1 Å². The number of halogens is 1. The minimum atomic E-state index is -4.46. The second-order valence-electron chi connectivity index (χ2n) is 16.1. The molecule has 0 amide bonds. The Hall–Kier alpha value is -1.98. The van der Waals surface area contributed by atoms with Crippen molar-refractivity contribution in [1.29, 1.82) is 0 Å². The van der Waals surface area contributed by atoms with E-state index < -0.39 is 36.5 Å². The number of rotatable bonds is 39. The lowest BCUT2D eigenvalue weighted by Gasteiger charge is -2.26. The van der Waals surface area contributed by atoms with Gasteiger partial charge in [0.05, 0.1) is 27.7 Å². The van der Waals surface area contributed by atoms with Gasteiger partial charge in [0.2, 0.25) is 0 Å². The van der Waals surface area contributed by atoms with E-state index in [1.54, 1.807) is 0 Å². The van der Waals surface area contributed by atoms with Gasteiger partial charge in [-0.15, -0.1) is 0 Å². The fraction of sp³-hybridized carbons (Fsp3) is 0.864. The van der Waals surface area contributed by atoms with Crippen LogP contribution in [0.5, 0.6) is 0 Å². The van der Waals surface area contributed by atoms with Gasteiger partial charge in [-0.05, 0) is 26.7 Å². The van der Waals surface area contributed by atoms with E-state index in [4.69, 9.17) is 15.8 Å². The van der Waals surface area contributed by atoms with Crippen molar-refractivity contribution in [1.82, 2.24) is 0 Å². The molecule has 0 saturated heterocycles. The van der Waals surface area contributed by atoms with Crippen LogP contribution in [0.3, 0.4) is 0 Å². The highest BCUT2D eigenvalue weighted by molar-refractivity contribution is 7.88. The maximum absolute atomic E-state index is 13.7. The van der Waals surface area contributed by atoms with E-state index in [-0.39, 0.29) is 30.0 Å². The van der Waals surface area contributed by atoms with Gasteiger partial charge >= 0.3 is 10.3 Å². The quantitative estimate of drug-likeness (QED) is 0.0366. The Bertz CT molecular complexity index is 1270. The molecule has 1 aromatic rings. The first-order chi connectivity index (χ1) is 27.0. The zero-order valence-electron chi connectivity index (χ0n) is 36.0. The molecule has 0 aliphatic heterocycles. The van der Waals surface area contributed by atoms with E-state index >= 15 is 0 Å². The van der Waals surface area contributed by atoms with Crippen LogP contribution in [0.1, 0.15) is 230 Å². The first kappa shape index (κ1) is 52.0. The molecule has 0 unspecified atom stereocenters. The summed E-state index contributed by atoms with van der Waals surface area (Å²) in [5.74, 6) is 0. The summed E-state index contributed by atoms with van der Waals surface area (Å²) in [6.07, 6.45) is 37.9. The first-order valence-corrected chi connectivity index (χ1v) is 24.5. The molecule has 0 saturated carbocycles. The highest BCUT2D eigenvalue weighted by atomic mass is 35.5.